The third-order valence-corrected chi connectivity index (χ3v) is 4.77. The van der Waals surface area contributed by atoms with Crippen LogP contribution in [0.1, 0.15) is 23.6 Å². The molecule has 1 aliphatic rings. The monoisotopic (exact) mass is 277 g/mol. The van der Waals surface area contributed by atoms with Crippen LogP contribution < -0.4 is 0 Å². The molecule has 0 aromatic carbocycles. The van der Waals surface area contributed by atoms with Gasteiger partial charge in [0.2, 0.25) is 5.90 Å². The molecule has 0 atom stereocenters. The standard InChI is InChI=1S/C14H15NOS2/c1-9-4-5-11(18-9)10-6-7-17-12(10)13-15-14(2,3)8-16-13/h4-7H,8H2,1-3H3. The summed E-state index contributed by atoms with van der Waals surface area (Å²) >= 11 is 3.52. The van der Waals surface area contributed by atoms with Crippen LogP contribution in [0.3, 0.4) is 0 Å². The van der Waals surface area contributed by atoms with E-state index >= 15 is 0 Å². The van der Waals surface area contributed by atoms with Gasteiger partial charge in [0.05, 0.1) is 10.4 Å². The molecule has 0 spiro atoms. The quantitative estimate of drug-likeness (QED) is 0.800. The van der Waals surface area contributed by atoms with Crippen LogP contribution in [-0.4, -0.2) is 18.0 Å². The fourth-order valence-electron chi connectivity index (χ4n) is 1.95. The van der Waals surface area contributed by atoms with Gasteiger partial charge in [-0.25, -0.2) is 4.99 Å². The van der Waals surface area contributed by atoms with E-state index in [0.29, 0.717) is 6.61 Å². The Balaban J connectivity index is 2.03. The number of hydrogen-bond donors (Lipinski definition) is 0. The van der Waals surface area contributed by atoms with Crippen molar-refractivity contribution in [2.45, 2.75) is 26.3 Å². The molecule has 2 aromatic heterocycles. The maximum Gasteiger partial charge on any atom is 0.227 e. The molecule has 0 amide bonds. The molecule has 3 heterocycles. The van der Waals surface area contributed by atoms with E-state index in [4.69, 9.17) is 4.74 Å². The van der Waals surface area contributed by atoms with Crippen LogP contribution in [0.2, 0.25) is 0 Å². The van der Waals surface area contributed by atoms with Crippen LogP contribution in [0.5, 0.6) is 0 Å². The zero-order chi connectivity index (χ0) is 12.8. The van der Waals surface area contributed by atoms with Gasteiger partial charge in [0, 0.05) is 15.3 Å². The van der Waals surface area contributed by atoms with E-state index in [1.54, 1.807) is 11.3 Å². The Morgan fingerprint density at radius 2 is 2.11 bits per heavy atom. The molecule has 0 fully saturated rings. The van der Waals surface area contributed by atoms with E-state index in [1.165, 1.54) is 15.3 Å². The third kappa shape index (κ3) is 2.10. The molecule has 0 saturated carbocycles. The number of aliphatic imine (C=N–C) groups is 1. The normalized spacial score (nSPS) is 17.6. The SMILES string of the molecule is Cc1ccc(-c2ccsc2C2=NC(C)(C)CO2)s1. The summed E-state index contributed by atoms with van der Waals surface area (Å²) in [5.74, 6) is 0.802. The van der Waals surface area contributed by atoms with Gasteiger partial charge in [-0.3, -0.25) is 0 Å². The number of nitrogens with zero attached hydrogens (tertiary/aromatic N) is 1. The van der Waals surface area contributed by atoms with E-state index in [0.717, 1.165) is 10.8 Å². The third-order valence-electron chi connectivity index (χ3n) is 2.83. The molecule has 0 bridgehead atoms. The van der Waals surface area contributed by atoms with Crippen LogP contribution in [-0.2, 0) is 4.74 Å². The lowest BCUT2D eigenvalue weighted by atomic mass is 10.1. The highest BCUT2D eigenvalue weighted by Crippen LogP contribution is 2.35. The first-order chi connectivity index (χ1) is 8.55. The van der Waals surface area contributed by atoms with Crippen LogP contribution in [0.15, 0.2) is 28.6 Å². The molecule has 94 valence electrons. The lowest BCUT2D eigenvalue weighted by molar-refractivity contribution is 0.280. The van der Waals surface area contributed by atoms with Gasteiger partial charge in [0.15, 0.2) is 0 Å². The highest BCUT2D eigenvalue weighted by Gasteiger charge is 2.29. The smallest absolute Gasteiger partial charge is 0.227 e. The summed E-state index contributed by atoms with van der Waals surface area (Å²) in [4.78, 5) is 8.44. The summed E-state index contributed by atoms with van der Waals surface area (Å²) in [6.45, 7) is 7.00. The summed E-state index contributed by atoms with van der Waals surface area (Å²) in [7, 11) is 0. The molecule has 3 rings (SSSR count). The number of aryl methyl sites for hydroxylation is 1. The molecule has 0 radical (unpaired) electrons. The first kappa shape index (κ1) is 11.9. The zero-order valence-corrected chi connectivity index (χ0v) is 12.3. The van der Waals surface area contributed by atoms with Gasteiger partial charge in [0.25, 0.3) is 0 Å². The first-order valence-corrected chi connectivity index (χ1v) is 7.62. The summed E-state index contributed by atoms with van der Waals surface area (Å²) in [5.41, 5.74) is 1.15. The molecular formula is C14H15NOS2. The van der Waals surface area contributed by atoms with Gasteiger partial charge in [-0.2, -0.15) is 0 Å². The largest absolute Gasteiger partial charge is 0.474 e. The summed E-state index contributed by atoms with van der Waals surface area (Å²) < 4.78 is 5.75. The van der Waals surface area contributed by atoms with E-state index in [2.05, 4.69) is 49.3 Å². The molecule has 2 aromatic rings. The van der Waals surface area contributed by atoms with Crippen molar-refractivity contribution in [3.8, 4) is 10.4 Å². The van der Waals surface area contributed by atoms with Crippen molar-refractivity contribution in [1.29, 1.82) is 0 Å². The first-order valence-electron chi connectivity index (χ1n) is 5.92. The summed E-state index contributed by atoms with van der Waals surface area (Å²) in [6, 6.07) is 6.48. The summed E-state index contributed by atoms with van der Waals surface area (Å²) in [5, 5.41) is 2.11. The van der Waals surface area contributed by atoms with Gasteiger partial charge in [-0.1, -0.05) is 0 Å². The predicted octanol–water partition coefficient (Wildman–Crippen LogP) is 4.34. The number of ether oxygens (including phenoxy) is 1. The molecule has 1 aliphatic heterocycles. The predicted molar refractivity (Wildman–Crippen MR) is 78.9 cm³/mol. The van der Waals surface area contributed by atoms with Gasteiger partial charge in [-0.05, 0) is 44.4 Å². The highest BCUT2D eigenvalue weighted by atomic mass is 32.1. The van der Waals surface area contributed by atoms with Crippen molar-refractivity contribution in [2.24, 2.45) is 4.99 Å². The fourth-order valence-corrected chi connectivity index (χ4v) is 3.76. The van der Waals surface area contributed by atoms with Gasteiger partial charge in [-0.15, -0.1) is 22.7 Å². The highest BCUT2D eigenvalue weighted by molar-refractivity contribution is 7.17. The van der Waals surface area contributed by atoms with Crippen LogP contribution >= 0.6 is 22.7 Å². The Kier molecular flexibility index (Phi) is 2.79. The summed E-state index contributed by atoms with van der Waals surface area (Å²) in [6.07, 6.45) is 0. The molecule has 0 unspecified atom stereocenters. The second-order valence-corrected chi connectivity index (χ2v) is 7.30. The van der Waals surface area contributed by atoms with Crippen LogP contribution in [0.25, 0.3) is 10.4 Å². The molecule has 0 aliphatic carbocycles. The molecular weight excluding hydrogens is 262 g/mol. The van der Waals surface area contributed by atoms with E-state index in [-0.39, 0.29) is 5.54 Å². The molecule has 0 N–H and O–H groups in total. The van der Waals surface area contributed by atoms with Crippen molar-refractivity contribution in [3.63, 3.8) is 0 Å². The maximum absolute atomic E-state index is 5.75. The fraction of sp³-hybridized carbons (Fsp3) is 0.357. The van der Waals surface area contributed by atoms with E-state index < -0.39 is 0 Å². The maximum atomic E-state index is 5.75. The second kappa shape index (κ2) is 4.21. The number of rotatable bonds is 2. The number of hydrogen-bond acceptors (Lipinski definition) is 4. The molecule has 0 saturated heterocycles. The van der Waals surface area contributed by atoms with Gasteiger partial charge >= 0.3 is 0 Å². The minimum absolute atomic E-state index is 0.0953. The minimum Gasteiger partial charge on any atom is -0.474 e. The van der Waals surface area contributed by atoms with Crippen molar-refractivity contribution in [2.75, 3.05) is 6.61 Å². The minimum atomic E-state index is -0.0953. The van der Waals surface area contributed by atoms with Crippen molar-refractivity contribution in [3.05, 3.63) is 33.3 Å². The lowest BCUT2D eigenvalue weighted by Crippen LogP contribution is -2.17. The Morgan fingerprint density at radius 1 is 1.28 bits per heavy atom. The average molecular weight is 277 g/mol. The Hall–Kier alpha value is -1.13. The molecule has 18 heavy (non-hydrogen) atoms. The van der Waals surface area contributed by atoms with Gasteiger partial charge < -0.3 is 4.74 Å². The van der Waals surface area contributed by atoms with Crippen LogP contribution in [0.4, 0.5) is 0 Å². The topological polar surface area (TPSA) is 21.6 Å². The Bertz CT molecular complexity index is 607. The second-order valence-electron chi connectivity index (χ2n) is 5.09. The Labute approximate surface area is 115 Å². The average Bonchev–Trinajstić information content (AvgIpc) is 2.96. The van der Waals surface area contributed by atoms with Crippen LogP contribution in [0, 0.1) is 6.92 Å². The molecule has 4 heteroatoms. The lowest BCUT2D eigenvalue weighted by Gasteiger charge is -2.07. The number of thiophene rings is 2. The van der Waals surface area contributed by atoms with Gasteiger partial charge in [0.1, 0.15) is 6.61 Å². The van der Waals surface area contributed by atoms with Crippen molar-refractivity contribution >= 4 is 28.6 Å². The van der Waals surface area contributed by atoms with Crippen molar-refractivity contribution < 1.29 is 4.74 Å². The Morgan fingerprint density at radius 3 is 2.72 bits per heavy atom. The van der Waals surface area contributed by atoms with Crippen molar-refractivity contribution in [1.82, 2.24) is 0 Å². The molecule has 2 nitrogen and oxygen atoms in total. The zero-order valence-electron chi connectivity index (χ0n) is 10.7. The van der Waals surface area contributed by atoms with E-state index in [1.807, 2.05) is 11.3 Å². The van der Waals surface area contributed by atoms with E-state index in [9.17, 15) is 0 Å².